The number of fused-ring (bicyclic) bond motifs is 1. The average Bonchev–Trinajstić information content (AvgIpc) is 3.58. The standard InChI is InChI=1S/C29H36ClN5O3/c1-34-24(9-12-33-34)19-38-27-7-6-22-17-35(13-10-26(22)28(27)30)18-25(36)16-32-29(37)21-8-11-31-23(15-21)14-20-4-2-3-5-20/h6-9,11-12,15,20,25,36H,2-5,10,13-14,16-19H2,1H3,(H,32,37)/t25-/m0/s1. The van der Waals surface area contributed by atoms with E-state index >= 15 is 0 Å². The number of carbonyl (C=O) groups is 1. The highest BCUT2D eigenvalue weighted by molar-refractivity contribution is 6.33. The summed E-state index contributed by atoms with van der Waals surface area (Å²) in [6.45, 7) is 2.54. The number of nitrogens with zero attached hydrogens (tertiary/aromatic N) is 4. The molecule has 0 unspecified atom stereocenters. The van der Waals surface area contributed by atoms with Crippen molar-refractivity contribution in [2.45, 2.75) is 57.8 Å². The van der Waals surface area contributed by atoms with E-state index in [2.05, 4.69) is 20.3 Å². The van der Waals surface area contributed by atoms with Gasteiger partial charge in [0.25, 0.3) is 5.91 Å². The van der Waals surface area contributed by atoms with Crippen molar-refractivity contribution in [1.29, 1.82) is 0 Å². The first-order chi connectivity index (χ1) is 18.5. The lowest BCUT2D eigenvalue weighted by Gasteiger charge is -2.31. The lowest BCUT2D eigenvalue weighted by molar-refractivity contribution is 0.0841. The Morgan fingerprint density at radius 1 is 1.24 bits per heavy atom. The summed E-state index contributed by atoms with van der Waals surface area (Å²) in [6, 6.07) is 9.50. The second-order valence-electron chi connectivity index (χ2n) is 10.5. The van der Waals surface area contributed by atoms with Gasteiger partial charge in [0.15, 0.2) is 0 Å². The highest BCUT2D eigenvalue weighted by Crippen LogP contribution is 2.34. The van der Waals surface area contributed by atoms with Crippen molar-refractivity contribution >= 4 is 17.5 Å². The number of hydrogen-bond donors (Lipinski definition) is 2. The van der Waals surface area contributed by atoms with E-state index in [1.165, 1.54) is 25.7 Å². The number of β-amino-alcohol motifs (C(OH)–C–C–N with tert-alkyl or cyclic N) is 1. The number of hydrogen-bond acceptors (Lipinski definition) is 6. The van der Waals surface area contributed by atoms with Crippen molar-refractivity contribution in [3.63, 3.8) is 0 Å². The van der Waals surface area contributed by atoms with E-state index < -0.39 is 6.10 Å². The number of aryl methyl sites for hydroxylation is 1. The first-order valence-corrected chi connectivity index (χ1v) is 13.9. The molecular weight excluding hydrogens is 502 g/mol. The molecule has 202 valence electrons. The lowest BCUT2D eigenvalue weighted by atomic mass is 9.99. The minimum Gasteiger partial charge on any atom is -0.486 e. The van der Waals surface area contributed by atoms with Crippen molar-refractivity contribution in [2.75, 3.05) is 19.6 Å². The molecule has 1 aliphatic carbocycles. The van der Waals surface area contributed by atoms with Crippen molar-refractivity contribution < 1.29 is 14.6 Å². The van der Waals surface area contributed by atoms with Gasteiger partial charge in [-0.05, 0) is 54.2 Å². The number of benzene rings is 1. The Kier molecular flexibility index (Phi) is 8.61. The van der Waals surface area contributed by atoms with Gasteiger partial charge in [-0.25, -0.2) is 0 Å². The van der Waals surface area contributed by atoms with E-state index in [1.807, 2.05) is 31.3 Å². The summed E-state index contributed by atoms with van der Waals surface area (Å²) in [5.74, 6) is 1.18. The summed E-state index contributed by atoms with van der Waals surface area (Å²) < 4.78 is 7.74. The van der Waals surface area contributed by atoms with Crippen LogP contribution in [0.5, 0.6) is 5.75 Å². The third-order valence-electron chi connectivity index (χ3n) is 7.69. The molecule has 0 radical (unpaired) electrons. The molecule has 8 nitrogen and oxygen atoms in total. The molecule has 1 amide bonds. The monoisotopic (exact) mass is 537 g/mol. The topological polar surface area (TPSA) is 92.5 Å². The molecule has 3 aromatic rings. The Hall–Kier alpha value is -2.94. The van der Waals surface area contributed by atoms with Gasteiger partial charge in [-0.2, -0.15) is 5.10 Å². The first-order valence-electron chi connectivity index (χ1n) is 13.5. The lowest BCUT2D eigenvalue weighted by Crippen LogP contribution is -2.42. The van der Waals surface area contributed by atoms with E-state index in [0.29, 0.717) is 41.9 Å². The van der Waals surface area contributed by atoms with Gasteiger partial charge in [0.05, 0.1) is 16.8 Å². The Morgan fingerprint density at radius 3 is 2.87 bits per heavy atom. The summed E-state index contributed by atoms with van der Waals surface area (Å²) in [5, 5.41) is 18.4. The van der Waals surface area contributed by atoms with Crippen molar-refractivity contribution in [2.24, 2.45) is 13.0 Å². The summed E-state index contributed by atoms with van der Waals surface area (Å²) in [5.41, 5.74) is 4.78. The van der Waals surface area contributed by atoms with E-state index in [9.17, 15) is 9.90 Å². The molecule has 5 rings (SSSR count). The average molecular weight is 538 g/mol. The summed E-state index contributed by atoms with van der Waals surface area (Å²) >= 11 is 6.69. The molecule has 1 saturated carbocycles. The summed E-state index contributed by atoms with van der Waals surface area (Å²) in [7, 11) is 1.88. The fourth-order valence-electron chi connectivity index (χ4n) is 5.53. The maximum Gasteiger partial charge on any atom is 0.251 e. The molecule has 1 atom stereocenters. The van der Waals surface area contributed by atoms with E-state index in [1.54, 1.807) is 23.1 Å². The molecule has 2 aromatic heterocycles. The molecule has 0 spiro atoms. The largest absolute Gasteiger partial charge is 0.486 e. The maximum absolute atomic E-state index is 12.7. The smallest absolute Gasteiger partial charge is 0.251 e. The molecule has 1 fully saturated rings. The highest BCUT2D eigenvalue weighted by Gasteiger charge is 2.23. The van der Waals surface area contributed by atoms with Gasteiger partial charge < -0.3 is 15.2 Å². The Balaban J connectivity index is 1.10. The fourth-order valence-corrected chi connectivity index (χ4v) is 5.86. The van der Waals surface area contributed by atoms with Crippen molar-refractivity contribution in [3.05, 3.63) is 75.8 Å². The van der Waals surface area contributed by atoms with Gasteiger partial charge >= 0.3 is 0 Å². The third kappa shape index (κ3) is 6.54. The van der Waals surface area contributed by atoms with Crippen LogP contribution in [0, 0.1) is 5.92 Å². The van der Waals surface area contributed by atoms with Crippen LogP contribution in [0.3, 0.4) is 0 Å². The van der Waals surface area contributed by atoms with E-state index in [0.717, 1.165) is 41.9 Å². The van der Waals surface area contributed by atoms with Crippen molar-refractivity contribution in [1.82, 2.24) is 25.0 Å². The van der Waals surface area contributed by atoms with Crippen LogP contribution >= 0.6 is 11.6 Å². The zero-order valence-electron chi connectivity index (χ0n) is 21.9. The van der Waals surface area contributed by atoms with Gasteiger partial charge in [0.2, 0.25) is 0 Å². The van der Waals surface area contributed by atoms with Crippen LogP contribution in [0.15, 0.2) is 42.7 Å². The normalized spacial score (nSPS) is 16.8. The minimum absolute atomic E-state index is 0.173. The summed E-state index contributed by atoms with van der Waals surface area (Å²) in [4.78, 5) is 19.4. The SMILES string of the molecule is Cn1nccc1COc1ccc2c(c1Cl)CCN(C[C@@H](O)CNC(=O)c1ccnc(CC3CCCC3)c1)C2. The van der Waals surface area contributed by atoms with Crippen LogP contribution in [0.2, 0.25) is 5.02 Å². The Labute approximate surface area is 229 Å². The number of aliphatic hydroxyl groups excluding tert-OH is 1. The van der Waals surface area contributed by atoms with E-state index in [4.69, 9.17) is 16.3 Å². The highest BCUT2D eigenvalue weighted by atomic mass is 35.5. The number of carbonyl (C=O) groups excluding carboxylic acids is 1. The van der Waals surface area contributed by atoms with Crippen LogP contribution < -0.4 is 10.1 Å². The fraction of sp³-hybridized carbons (Fsp3) is 0.483. The van der Waals surface area contributed by atoms with Gasteiger partial charge in [-0.1, -0.05) is 43.4 Å². The zero-order valence-corrected chi connectivity index (χ0v) is 22.7. The number of pyridine rings is 1. The van der Waals surface area contributed by atoms with E-state index in [-0.39, 0.29) is 12.5 Å². The number of rotatable bonds is 10. The van der Waals surface area contributed by atoms with Gasteiger partial charge in [0, 0.05) is 56.9 Å². The first kappa shape index (κ1) is 26.7. The molecule has 0 bridgehead atoms. The number of ether oxygens (including phenoxy) is 1. The Bertz CT molecular complexity index is 1260. The quantitative estimate of drug-likeness (QED) is 0.407. The second kappa shape index (κ2) is 12.3. The van der Waals surface area contributed by atoms with Crippen LogP contribution in [0.4, 0.5) is 0 Å². The molecular formula is C29H36ClN5O3. The maximum atomic E-state index is 12.7. The predicted molar refractivity (Wildman–Crippen MR) is 146 cm³/mol. The summed E-state index contributed by atoms with van der Waals surface area (Å²) in [6.07, 6.45) is 9.57. The van der Waals surface area contributed by atoms with Gasteiger partial charge in [0.1, 0.15) is 12.4 Å². The van der Waals surface area contributed by atoms with Crippen LogP contribution in [0.25, 0.3) is 0 Å². The number of amides is 1. The van der Waals surface area contributed by atoms with Crippen LogP contribution in [0.1, 0.15) is 58.6 Å². The third-order valence-corrected chi connectivity index (χ3v) is 8.11. The van der Waals surface area contributed by atoms with Gasteiger partial charge in [-0.15, -0.1) is 0 Å². The molecule has 2 N–H and O–H groups in total. The molecule has 9 heteroatoms. The molecule has 38 heavy (non-hydrogen) atoms. The Morgan fingerprint density at radius 2 is 2.08 bits per heavy atom. The molecule has 2 aliphatic rings. The molecule has 1 aliphatic heterocycles. The van der Waals surface area contributed by atoms with Crippen LogP contribution in [-0.4, -0.2) is 56.4 Å². The zero-order chi connectivity index (χ0) is 26.5. The number of nitrogens with one attached hydrogen (secondary N) is 1. The number of aliphatic hydroxyl groups is 1. The molecule has 3 heterocycles. The van der Waals surface area contributed by atoms with Crippen LogP contribution in [-0.2, 0) is 33.0 Å². The van der Waals surface area contributed by atoms with Gasteiger partial charge in [-0.3, -0.25) is 19.4 Å². The molecule has 0 saturated heterocycles. The minimum atomic E-state index is -0.669. The second-order valence-corrected chi connectivity index (χ2v) is 10.9. The molecule has 1 aromatic carbocycles. The number of aromatic nitrogens is 3. The number of halogens is 1. The van der Waals surface area contributed by atoms with Crippen molar-refractivity contribution in [3.8, 4) is 5.75 Å². The predicted octanol–water partition coefficient (Wildman–Crippen LogP) is 3.93.